The number of rotatable bonds is 11. The van der Waals surface area contributed by atoms with Gasteiger partial charge in [-0.05, 0) is 27.1 Å². The molecular formula is C16H37NSi. The Bertz CT molecular complexity index is 170. The van der Waals surface area contributed by atoms with Gasteiger partial charge in [-0.15, -0.1) is 0 Å². The molecule has 0 heterocycles. The summed E-state index contributed by atoms with van der Waals surface area (Å²) in [5.41, 5.74) is 1.98. The summed E-state index contributed by atoms with van der Waals surface area (Å²) in [6.07, 6.45) is 8.69. The zero-order chi connectivity index (χ0) is 14.0. The average molecular weight is 272 g/mol. The third-order valence-corrected chi connectivity index (χ3v) is 8.61. The van der Waals surface area contributed by atoms with Crippen molar-refractivity contribution in [2.45, 2.75) is 83.3 Å². The lowest BCUT2D eigenvalue weighted by Gasteiger charge is -2.23. The first-order valence-electron chi connectivity index (χ1n) is 8.09. The minimum Gasteiger partial charge on any atom is -0.309 e. The summed E-state index contributed by atoms with van der Waals surface area (Å²) in [5.74, 6) is 0. The maximum Gasteiger partial charge on any atom is 0.0419 e. The fraction of sp³-hybridized carbons (Fsp3) is 1.00. The molecule has 0 amide bonds. The molecule has 0 aliphatic heterocycles. The molecule has 110 valence electrons. The van der Waals surface area contributed by atoms with Gasteiger partial charge < -0.3 is 4.90 Å². The van der Waals surface area contributed by atoms with Crippen LogP contribution in [0, 0.1) is 0 Å². The first-order chi connectivity index (χ1) is 8.45. The number of hydrogen-bond acceptors (Lipinski definition) is 1. The van der Waals surface area contributed by atoms with E-state index in [1.807, 2.05) is 0 Å². The second-order valence-corrected chi connectivity index (χ2v) is 11.4. The lowest BCUT2D eigenvalue weighted by atomic mass is 10.1. The van der Waals surface area contributed by atoms with Gasteiger partial charge in [-0.3, -0.25) is 0 Å². The Morgan fingerprint density at radius 3 is 1.61 bits per heavy atom. The van der Waals surface area contributed by atoms with E-state index in [1.54, 1.807) is 6.04 Å². The van der Waals surface area contributed by atoms with Crippen molar-refractivity contribution in [1.82, 2.24) is 4.90 Å². The molecule has 2 heteroatoms. The number of unbranched alkanes of at least 4 members (excludes halogenated alkanes) is 5. The third-order valence-electron chi connectivity index (χ3n) is 4.11. The highest BCUT2D eigenvalue weighted by molar-refractivity contribution is 6.61. The van der Waals surface area contributed by atoms with Gasteiger partial charge in [0.25, 0.3) is 0 Å². The van der Waals surface area contributed by atoms with Crippen LogP contribution < -0.4 is 0 Å². The van der Waals surface area contributed by atoms with Crippen molar-refractivity contribution >= 4 is 8.80 Å². The second-order valence-electron chi connectivity index (χ2n) is 6.87. The van der Waals surface area contributed by atoms with Crippen molar-refractivity contribution in [1.29, 1.82) is 0 Å². The molecule has 0 aromatic rings. The van der Waals surface area contributed by atoms with Gasteiger partial charge in [0.15, 0.2) is 0 Å². The lowest BCUT2D eigenvalue weighted by Crippen LogP contribution is -2.20. The highest BCUT2D eigenvalue weighted by Gasteiger charge is 2.18. The van der Waals surface area contributed by atoms with Gasteiger partial charge in [0, 0.05) is 8.80 Å². The van der Waals surface area contributed by atoms with E-state index in [0.29, 0.717) is 0 Å². The molecule has 0 radical (unpaired) electrons. The van der Waals surface area contributed by atoms with Crippen molar-refractivity contribution in [2.24, 2.45) is 0 Å². The molecule has 0 aromatic heterocycles. The standard InChI is InChI=1S/C16H37NSi/c1-15(2)18(16(3)4)14-12-10-8-7-9-11-13-17(5)6/h15-16,18H,7-14H2,1-6H3. The molecule has 0 unspecified atom stereocenters. The molecule has 0 saturated carbocycles. The zero-order valence-corrected chi connectivity index (χ0v) is 15.0. The van der Waals surface area contributed by atoms with Gasteiger partial charge in [0.1, 0.15) is 0 Å². The number of nitrogens with zero attached hydrogens (tertiary/aromatic N) is 1. The van der Waals surface area contributed by atoms with Crippen LogP contribution in [0.4, 0.5) is 0 Å². The summed E-state index contributed by atoms with van der Waals surface area (Å²) < 4.78 is 0. The highest BCUT2D eigenvalue weighted by Crippen LogP contribution is 2.25. The summed E-state index contributed by atoms with van der Waals surface area (Å²) in [6.45, 7) is 11.0. The lowest BCUT2D eigenvalue weighted by molar-refractivity contribution is 0.389. The minimum atomic E-state index is -0.465. The van der Waals surface area contributed by atoms with Crippen LogP contribution in [0.15, 0.2) is 0 Å². The molecule has 0 N–H and O–H groups in total. The van der Waals surface area contributed by atoms with Gasteiger partial charge >= 0.3 is 0 Å². The average Bonchev–Trinajstić information content (AvgIpc) is 2.25. The third kappa shape index (κ3) is 10.1. The molecular weight excluding hydrogens is 234 g/mol. The van der Waals surface area contributed by atoms with E-state index in [9.17, 15) is 0 Å². The Kier molecular flexibility index (Phi) is 11.1. The molecule has 0 aromatic carbocycles. The van der Waals surface area contributed by atoms with Gasteiger partial charge in [-0.1, -0.05) is 76.9 Å². The predicted molar refractivity (Wildman–Crippen MR) is 88.4 cm³/mol. The first kappa shape index (κ1) is 18.2. The summed E-state index contributed by atoms with van der Waals surface area (Å²) in [6, 6.07) is 1.58. The Balaban J connectivity index is 3.39. The molecule has 0 atom stereocenters. The van der Waals surface area contributed by atoms with E-state index in [1.165, 1.54) is 45.1 Å². The minimum absolute atomic E-state index is 0.465. The highest BCUT2D eigenvalue weighted by atomic mass is 28.3. The maximum absolute atomic E-state index is 2.44. The monoisotopic (exact) mass is 271 g/mol. The summed E-state index contributed by atoms with van der Waals surface area (Å²) in [7, 11) is 3.87. The second kappa shape index (κ2) is 11.0. The first-order valence-corrected chi connectivity index (χ1v) is 10.2. The Hall–Kier alpha value is 0.177. The van der Waals surface area contributed by atoms with Crippen LogP contribution >= 0.6 is 0 Å². The molecule has 0 aliphatic rings. The van der Waals surface area contributed by atoms with Gasteiger partial charge in [0.2, 0.25) is 0 Å². The SMILES string of the molecule is CC(C)[SiH](CCCCCCCCN(C)C)C(C)C. The quantitative estimate of drug-likeness (QED) is 0.380. The number of hydrogen-bond donors (Lipinski definition) is 0. The Labute approximate surface area is 118 Å². The van der Waals surface area contributed by atoms with Crippen LogP contribution in [0.3, 0.4) is 0 Å². The van der Waals surface area contributed by atoms with Crippen molar-refractivity contribution in [2.75, 3.05) is 20.6 Å². The Morgan fingerprint density at radius 1 is 0.722 bits per heavy atom. The summed E-state index contributed by atoms with van der Waals surface area (Å²) in [5, 5.41) is 0. The Morgan fingerprint density at radius 2 is 1.17 bits per heavy atom. The van der Waals surface area contributed by atoms with E-state index in [0.717, 1.165) is 11.1 Å². The molecule has 0 fully saturated rings. The normalized spacial score (nSPS) is 12.3. The van der Waals surface area contributed by atoms with Crippen molar-refractivity contribution in [3.05, 3.63) is 0 Å². The maximum atomic E-state index is 2.44. The van der Waals surface area contributed by atoms with Crippen molar-refractivity contribution in [3.8, 4) is 0 Å². The zero-order valence-electron chi connectivity index (χ0n) is 13.8. The fourth-order valence-corrected chi connectivity index (χ4v) is 6.58. The van der Waals surface area contributed by atoms with Crippen molar-refractivity contribution in [3.63, 3.8) is 0 Å². The van der Waals surface area contributed by atoms with Gasteiger partial charge in [0.05, 0.1) is 0 Å². The summed E-state index contributed by atoms with van der Waals surface area (Å²) in [4.78, 5) is 2.29. The molecule has 0 rings (SSSR count). The molecule has 1 nitrogen and oxygen atoms in total. The predicted octanol–water partition coefficient (Wildman–Crippen LogP) is 4.94. The van der Waals surface area contributed by atoms with E-state index in [4.69, 9.17) is 0 Å². The van der Waals surface area contributed by atoms with Crippen LogP contribution in [-0.4, -0.2) is 34.3 Å². The van der Waals surface area contributed by atoms with E-state index < -0.39 is 8.80 Å². The van der Waals surface area contributed by atoms with Crippen molar-refractivity contribution < 1.29 is 0 Å². The van der Waals surface area contributed by atoms with Gasteiger partial charge in [-0.25, -0.2) is 0 Å². The summed E-state index contributed by atoms with van der Waals surface area (Å²) >= 11 is 0. The van der Waals surface area contributed by atoms with E-state index in [2.05, 4.69) is 46.7 Å². The van der Waals surface area contributed by atoms with Crippen LogP contribution in [0.25, 0.3) is 0 Å². The molecule has 0 saturated heterocycles. The van der Waals surface area contributed by atoms with Crippen LogP contribution in [0.2, 0.25) is 17.1 Å². The fourth-order valence-electron chi connectivity index (χ4n) is 2.95. The van der Waals surface area contributed by atoms with Crippen LogP contribution in [-0.2, 0) is 0 Å². The molecule has 0 bridgehead atoms. The van der Waals surface area contributed by atoms with Gasteiger partial charge in [-0.2, -0.15) is 0 Å². The molecule has 0 spiro atoms. The van der Waals surface area contributed by atoms with Crippen LogP contribution in [0.1, 0.15) is 66.2 Å². The smallest absolute Gasteiger partial charge is 0.0419 e. The van der Waals surface area contributed by atoms with Crippen LogP contribution in [0.5, 0.6) is 0 Å². The van der Waals surface area contributed by atoms with E-state index >= 15 is 0 Å². The molecule has 18 heavy (non-hydrogen) atoms. The van der Waals surface area contributed by atoms with E-state index in [-0.39, 0.29) is 0 Å². The largest absolute Gasteiger partial charge is 0.309 e. The molecule has 0 aliphatic carbocycles. The topological polar surface area (TPSA) is 3.24 Å².